The van der Waals surface area contributed by atoms with E-state index in [2.05, 4.69) is 10.6 Å². The number of alkyl carbamates (subject to hydrolysis) is 1. The van der Waals surface area contributed by atoms with Crippen molar-refractivity contribution in [2.24, 2.45) is 0 Å². The van der Waals surface area contributed by atoms with Crippen LogP contribution in [0, 0.1) is 0 Å². The second-order valence-electron chi connectivity index (χ2n) is 8.90. The van der Waals surface area contributed by atoms with E-state index in [9.17, 15) is 34.5 Å². The molecule has 0 aliphatic carbocycles. The minimum atomic E-state index is -1.38. The number of amides is 3. The number of nitrogens with one attached hydrogen (secondary N) is 2. The number of rotatable bonds is 6. The van der Waals surface area contributed by atoms with Gasteiger partial charge in [-0.3, -0.25) is 14.5 Å². The van der Waals surface area contributed by atoms with Crippen LogP contribution in [0.1, 0.15) is 39.3 Å². The van der Waals surface area contributed by atoms with Gasteiger partial charge in [-0.05, 0) is 51.0 Å². The standard InChI is InChI=1S/C23H27N3O8S/c1-5-6-12-10-35-20-16(19(30)26(20)17(12)21(31)32)24-18(29)15(25-22(33)34-23(2,3)4)11-7-8-13(27)14(28)9-11/h5-9,15-16,20,27-28H,10H2,1-4H3,(H,24,29)(H,25,33)(H,31,32)/b6-5-/t15?,16-,20-/m1/s1. The number of aliphatic carboxylic acids is 1. The van der Waals surface area contributed by atoms with Crippen LogP contribution in [0.15, 0.2) is 41.6 Å². The number of aromatic hydroxyl groups is 2. The quantitative estimate of drug-likeness (QED) is 0.287. The van der Waals surface area contributed by atoms with E-state index in [0.29, 0.717) is 11.3 Å². The van der Waals surface area contributed by atoms with Crippen molar-refractivity contribution in [2.45, 2.75) is 50.8 Å². The Hall–Kier alpha value is -3.67. The van der Waals surface area contributed by atoms with Crippen LogP contribution >= 0.6 is 11.8 Å². The van der Waals surface area contributed by atoms with Crippen LogP contribution in [0.3, 0.4) is 0 Å². The van der Waals surface area contributed by atoms with Crippen molar-refractivity contribution in [1.29, 1.82) is 0 Å². The molecule has 0 spiro atoms. The molecule has 1 saturated heterocycles. The zero-order chi connectivity index (χ0) is 26.1. The number of fused-ring (bicyclic) bond motifs is 1. The van der Waals surface area contributed by atoms with Crippen LogP contribution in [-0.4, -0.2) is 66.9 Å². The fourth-order valence-corrected chi connectivity index (χ4v) is 4.97. The maximum atomic E-state index is 13.2. The van der Waals surface area contributed by atoms with E-state index in [1.165, 1.54) is 17.8 Å². The Morgan fingerprint density at radius 3 is 2.49 bits per heavy atom. The lowest BCUT2D eigenvalue weighted by atomic mass is 10.0. The molecule has 2 aliphatic rings. The second kappa shape index (κ2) is 9.90. The van der Waals surface area contributed by atoms with E-state index < -0.39 is 58.4 Å². The predicted octanol–water partition coefficient (Wildman–Crippen LogP) is 1.98. The predicted molar refractivity (Wildman–Crippen MR) is 126 cm³/mol. The van der Waals surface area contributed by atoms with Gasteiger partial charge in [0.1, 0.15) is 28.8 Å². The first kappa shape index (κ1) is 25.9. The third-order valence-corrected chi connectivity index (χ3v) is 6.42. The third kappa shape index (κ3) is 5.53. The van der Waals surface area contributed by atoms with Crippen molar-refractivity contribution in [1.82, 2.24) is 15.5 Å². The van der Waals surface area contributed by atoms with E-state index in [0.717, 1.165) is 17.0 Å². The van der Waals surface area contributed by atoms with Crippen LogP contribution in [-0.2, 0) is 19.1 Å². The number of phenolic OH excluding ortho intramolecular Hbond substituents is 2. The molecule has 3 amide bonds. The van der Waals surface area contributed by atoms with Crippen molar-refractivity contribution in [3.05, 3.63) is 47.2 Å². The van der Waals surface area contributed by atoms with Crippen LogP contribution in [0.2, 0.25) is 0 Å². The Morgan fingerprint density at radius 2 is 1.91 bits per heavy atom. The highest BCUT2D eigenvalue weighted by Crippen LogP contribution is 2.41. The molecule has 3 atom stereocenters. The summed E-state index contributed by atoms with van der Waals surface area (Å²) in [6.07, 6.45) is 2.40. The minimum absolute atomic E-state index is 0.130. The number of β-lactam (4-membered cyclic amide) rings is 1. The molecule has 0 radical (unpaired) electrons. The Bertz CT molecular complexity index is 1120. The van der Waals surface area contributed by atoms with E-state index in [4.69, 9.17) is 4.74 Å². The molecule has 3 rings (SSSR count). The summed E-state index contributed by atoms with van der Waals surface area (Å²) in [5.41, 5.74) is -0.363. The maximum Gasteiger partial charge on any atom is 0.408 e. The van der Waals surface area contributed by atoms with Gasteiger partial charge in [0.05, 0.1) is 0 Å². The maximum absolute atomic E-state index is 13.2. The summed E-state index contributed by atoms with van der Waals surface area (Å²) in [4.78, 5) is 51.4. The topological polar surface area (TPSA) is 166 Å². The number of carboxylic acids is 1. The van der Waals surface area contributed by atoms with Crippen molar-refractivity contribution in [3.8, 4) is 11.5 Å². The molecular formula is C23H27N3O8S. The number of carbonyl (C=O) groups excluding carboxylic acids is 3. The lowest BCUT2D eigenvalue weighted by Gasteiger charge is -2.49. The second-order valence-corrected chi connectivity index (χ2v) is 10.0. The Labute approximate surface area is 205 Å². The van der Waals surface area contributed by atoms with Gasteiger partial charge in [0.15, 0.2) is 11.5 Å². The first-order valence-corrected chi connectivity index (χ1v) is 11.7. The number of benzene rings is 1. The number of hydrogen-bond donors (Lipinski definition) is 5. The molecule has 35 heavy (non-hydrogen) atoms. The number of phenols is 2. The van der Waals surface area contributed by atoms with Gasteiger partial charge in [0, 0.05) is 5.75 Å². The molecule has 0 bridgehead atoms. The molecule has 0 saturated carbocycles. The van der Waals surface area contributed by atoms with E-state index in [-0.39, 0.29) is 11.3 Å². The van der Waals surface area contributed by atoms with Crippen molar-refractivity contribution in [3.63, 3.8) is 0 Å². The first-order chi connectivity index (χ1) is 16.3. The number of ether oxygens (including phenoxy) is 1. The van der Waals surface area contributed by atoms with Gasteiger partial charge >= 0.3 is 12.1 Å². The summed E-state index contributed by atoms with van der Waals surface area (Å²) < 4.78 is 5.22. The molecule has 5 N–H and O–H groups in total. The monoisotopic (exact) mass is 505 g/mol. The average molecular weight is 506 g/mol. The summed E-state index contributed by atoms with van der Waals surface area (Å²) in [5.74, 6) is -3.21. The lowest BCUT2D eigenvalue weighted by molar-refractivity contribution is -0.150. The van der Waals surface area contributed by atoms with Crippen molar-refractivity contribution >= 4 is 35.6 Å². The first-order valence-electron chi connectivity index (χ1n) is 10.7. The number of carboxylic acid groups (broad SMARTS) is 1. The number of thioether (sulfide) groups is 1. The largest absolute Gasteiger partial charge is 0.504 e. The van der Waals surface area contributed by atoms with E-state index in [1.54, 1.807) is 39.8 Å². The molecule has 1 aromatic carbocycles. The van der Waals surface area contributed by atoms with E-state index >= 15 is 0 Å². The van der Waals surface area contributed by atoms with Gasteiger partial charge in [0.2, 0.25) is 5.91 Å². The zero-order valence-electron chi connectivity index (χ0n) is 19.6. The molecular weight excluding hydrogens is 478 g/mol. The van der Waals surface area contributed by atoms with Gasteiger partial charge in [-0.25, -0.2) is 9.59 Å². The highest BCUT2D eigenvalue weighted by Gasteiger charge is 2.54. The summed E-state index contributed by atoms with van der Waals surface area (Å²) >= 11 is 1.30. The van der Waals surface area contributed by atoms with Gasteiger partial charge in [0.25, 0.3) is 5.91 Å². The highest BCUT2D eigenvalue weighted by atomic mass is 32.2. The molecule has 12 heteroatoms. The van der Waals surface area contributed by atoms with Crippen LogP contribution < -0.4 is 10.6 Å². The van der Waals surface area contributed by atoms with Gasteiger partial charge in [-0.1, -0.05) is 18.2 Å². The smallest absolute Gasteiger partial charge is 0.408 e. The summed E-state index contributed by atoms with van der Waals surface area (Å²) in [5, 5.41) is 33.5. The third-order valence-electron chi connectivity index (χ3n) is 5.12. The Balaban J connectivity index is 1.84. The number of carbonyl (C=O) groups is 4. The van der Waals surface area contributed by atoms with Gasteiger partial charge < -0.3 is 30.7 Å². The molecule has 2 heterocycles. The highest BCUT2D eigenvalue weighted by molar-refractivity contribution is 8.00. The molecule has 0 aromatic heterocycles. The normalized spacial score (nSPS) is 20.7. The molecule has 1 fully saturated rings. The van der Waals surface area contributed by atoms with Crippen LogP contribution in [0.4, 0.5) is 4.79 Å². The minimum Gasteiger partial charge on any atom is -0.504 e. The molecule has 11 nitrogen and oxygen atoms in total. The fourth-order valence-electron chi connectivity index (χ4n) is 3.65. The fraction of sp³-hybridized carbons (Fsp3) is 0.391. The summed E-state index contributed by atoms with van der Waals surface area (Å²) in [6, 6.07) is 1.19. The van der Waals surface area contributed by atoms with E-state index in [1.807, 2.05) is 0 Å². The van der Waals surface area contributed by atoms with Gasteiger partial charge in [-0.2, -0.15) is 0 Å². The molecule has 2 aliphatic heterocycles. The zero-order valence-corrected chi connectivity index (χ0v) is 20.4. The molecule has 188 valence electrons. The number of nitrogens with zero attached hydrogens (tertiary/aromatic N) is 1. The van der Waals surface area contributed by atoms with Crippen LogP contribution in [0.5, 0.6) is 11.5 Å². The Morgan fingerprint density at radius 1 is 1.23 bits per heavy atom. The van der Waals surface area contributed by atoms with Crippen molar-refractivity contribution in [2.75, 3.05) is 5.75 Å². The SMILES string of the molecule is C/C=C\C1=C(C(=O)O)N2C(=O)[C@@H](NC(=O)C(NC(=O)OC(C)(C)C)c3ccc(O)c(O)c3)[C@H]2SC1. The summed E-state index contributed by atoms with van der Waals surface area (Å²) in [6.45, 7) is 6.67. The lowest BCUT2D eigenvalue weighted by Crippen LogP contribution is -2.71. The van der Waals surface area contributed by atoms with Crippen molar-refractivity contribution < 1.29 is 39.2 Å². The molecule has 1 unspecified atom stereocenters. The molecule has 1 aromatic rings. The average Bonchev–Trinajstić information content (AvgIpc) is 2.76. The van der Waals surface area contributed by atoms with Crippen LogP contribution in [0.25, 0.3) is 0 Å². The summed E-state index contributed by atoms with van der Waals surface area (Å²) in [7, 11) is 0. The Kier molecular flexibility index (Phi) is 7.34. The number of allylic oxidation sites excluding steroid dienone is 2. The number of hydrogen-bond acceptors (Lipinski definition) is 8. The van der Waals surface area contributed by atoms with Gasteiger partial charge in [-0.15, -0.1) is 11.8 Å².